The molecule has 0 aromatic heterocycles. The van der Waals surface area contributed by atoms with Crippen LogP contribution < -0.4 is 14.8 Å². The van der Waals surface area contributed by atoms with Crippen LogP contribution in [0.1, 0.15) is 24.4 Å². The number of hydrogen-bond donors (Lipinski definition) is 1. The summed E-state index contributed by atoms with van der Waals surface area (Å²) < 4.78 is 10.8. The van der Waals surface area contributed by atoms with Gasteiger partial charge in [0, 0.05) is 29.8 Å². The highest BCUT2D eigenvalue weighted by Crippen LogP contribution is 2.38. The summed E-state index contributed by atoms with van der Waals surface area (Å²) in [4.78, 5) is 24.9. The van der Waals surface area contributed by atoms with Crippen molar-refractivity contribution in [2.45, 2.75) is 18.9 Å². The first-order valence-electron chi connectivity index (χ1n) is 9.12. The number of likely N-dealkylation sites (tertiary alicyclic amines) is 1. The van der Waals surface area contributed by atoms with Gasteiger partial charge in [-0.05, 0) is 31.5 Å². The third-order valence-corrected chi connectivity index (χ3v) is 5.26. The van der Waals surface area contributed by atoms with Gasteiger partial charge in [-0.25, -0.2) is 0 Å². The number of rotatable bonds is 7. The molecule has 1 amide bonds. The molecule has 29 heavy (non-hydrogen) atoms. The second-order valence-corrected chi connectivity index (χ2v) is 7.11. The molecule has 2 aromatic rings. The molecule has 0 spiro atoms. The first-order valence-corrected chi connectivity index (χ1v) is 9.50. The fourth-order valence-corrected chi connectivity index (χ4v) is 3.78. The summed E-state index contributed by atoms with van der Waals surface area (Å²) >= 11 is 6.07. The van der Waals surface area contributed by atoms with Crippen LogP contribution >= 0.6 is 11.6 Å². The Labute approximate surface area is 173 Å². The van der Waals surface area contributed by atoms with E-state index in [1.165, 1.54) is 18.2 Å². The molecule has 2 aromatic carbocycles. The van der Waals surface area contributed by atoms with Gasteiger partial charge in [0.1, 0.15) is 11.5 Å². The van der Waals surface area contributed by atoms with E-state index in [-0.39, 0.29) is 29.2 Å². The Morgan fingerprint density at radius 1 is 1.28 bits per heavy atom. The molecule has 1 atom stereocenters. The Bertz CT molecular complexity index is 921. The van der Waals surface area contributed by atoms with Crippen LogP contribution in [0.2, 0.25) is 5.02 Å². The maximum absolute atomic E-state index is 12.6. The third-order valence-electron chi connectivity index (χ3n) is 4.95. The lowest BCUT2D eigenvalue weighted by atomic mass is 10.0. The van der Waals surface area contributed by atoms with Crippen molar-refractivity contribution in [3.8, 4) is 11.5 Å². The Morgan fingerprint density at radius 3 is 2.72 bits per heavy atom. The number of carbonyl (C=O) groups is 1. The maximum atomic E-state index is 12.6. The first kappa shape index (κ1) is 20.9. The zero-order chi connectivity index (χ0) is 21.0. The number of halogens is 1. The standard InChI is InChI=1S/C20H22ClN3O5/c1-28-14-6-7-15(19(11-14)29-2)18-4-3-9-23(18)12-20(25)22-17-8-5-13(24(26)27)10-16(17)21/h5-8,10-11,18H,3-4,9,12H2,1-2H3,(H,22,25)/t18-/m0/s1. The second-order valence-electron chi connectivity index (χ2n) is 6.71. The molecule has 1 fully saturated rings. The van der Waals surface area contributed by atoms with Crippen LogP contribution in [0.3, 0.4) is 0 Å². The van der Waals surface area contributed by atoms with Crippen molar-refractivity contribution in [1.82, 2.24) is 4.90 Å². The van der Waals surface area contributed by atoms with Gasteiger partial charge in [-0.1, -0.05) is 17.7 Å². The van der Waals surface area contributed by atoms with Crippen LogP contribution in [0.4, 0.5) is 11.4 Å². The van der Waals surface area contributed by atoms with Gasteiger partial charge in [0.2, 0.25) is 5.91 Å². The number of non-ortho nitro benzene ring substituents is 1. The van der Waals surface area contributed by atoms with Crippen molar-refractivity contribution in [3.63, 3.8) is 0 Å². The molecule has 0 unspecified atom stereocenters. The van der Waals surface area contributed by atoms with Gasteiger partial charge in [-0.3, -0.25) is 19.8 Å². The SMILES string of the molecule is COc1ccc([C@@H]2CCCN2CC(=O)Nc2ccc([N+](=O)[O-])cc2Cl)c(OC)c1. The van der Waals surface area contributed by atoms with Crippen LogP contribution in [0.25, 0.3) is 0 Å². The molecule has 1 heterocycles. The molecule has 1 saturated heterocycles. The van der Waals surface area contributed by atoms with Crippen LogP contribution in [0, 0.1) is 10.1 Å². The van der Waals surface area contributed by atoms with Gasteiger partial charge < -0.3 is 14.8 Å². The highest BCUT2D eigenvalue weighted by atomic mass is 35.5. The number of carbonyl (C=O) groups excluding carboxylic acids is 1. The molecule has 154 valence electrons. The number of nitrogens with one attached hydrogen (secondary N) is 1. The number of nitrogens with zero attached hydrogens (tertiary/aromatic N) is 2. The quantitative estimate of drug-likeness (QED) is 0.537. The van der Waals surface area contributed by atoms with Gasteiger partial charge in [0.25, 0.3) is 5.69 Å². The summed E-state index contributed by atoms with van der Waals surface area (Å²) in [6, 6.07) is 9.69. The molecule has 0 saturated carbocycles. The van der Waals surface area contributed by atoms with Gasteiger partial charge in [-0.15, -0.1) is 0 Å². The van der Waals surface area contributed by atoms with E-state index in [4.69, 9.17) is 21.1 Å². The van der Waals surface area contributed by atoms with Crippen LogP contribution in [-0.2, 0) is 4.79 Å². The van der Waals surface area contributed by atoms with Gasteiger partial charge in [0.05, 0.1) is 36.4 Å². The predicted octanol–water partition coefficient (Wildman–Crippen LogP) is 4.04. The minimum atomic E-state index is -0.533. The smallest absolute Gasteiger partial charge is 0.271 e. The molecule has 0 bridgehead atoms. The maximum Gasteiger partial charge on any atom is 0.271 e. The number of amides is 1. The molecule has 1 aliphatic rings. The van der Waals surface area contributed by atoms with Crippen LogP contribution in [0.5, 0.6) is 11.5 Å². The summed E-state index contributed by atoms with van der Waals surface area (Å²) in [5.41, 5.74) is 1.23. The van der Waals surface area contributed by atoms with Crippen molar-refractivity contribution >= 4 is 28.9 Å². The predicted molar refractivity (Wildman–Crippen MR) is 110 cm³/mol. The van der Waals surface area contributed by atoms with Crippen molar-refractivity contribution in [3.05, 3.63) is 57.1 Å². The number of nitro benzene ring substituents is 1. The van der Waals surface area contributed by atoms with Crippen LogP contribution in [-0.4, -0.2) is 43.0 Å². The largest absolute Gasteiger partial charge is 0.497 e. The Hall–Kier alpha value is -2.84. The van der Waals surface area contributed by atoms with E-state index in [9.17, 15) is 14.9 Å². The summed E-state index contributed by atoms with van der Waals surface area (Å²) in [5, 5.41) is 13.7. The van der Waals surface area contributed by atoms with Gasteiger partial charge in [0.15, 0.2) is 0 Å². The number of benzene rings is 2. The summed E-state index contributed by atoms with van der Waals surface area (Å²) in [5.74, 6) is 1.20. The lowest BCUT2D eigenvalue weighted by Crippen LogP contribution is -2.33. The molecule has 0 radical (unpaired) electrons. The van der Waals surface area contributed by atoms with Crippen molar-refractivity contribution in [2.24, 2.45) is 0 Å². The number of nitro groups is 1. The summed E-state index contributed by atoms with van der Waals surface area (Å²) in [6.07, 6.45) is 1.87. The van der Waals surface area contributed by atoms with E-state index >= 15 is 0 Å². The number of hydrogen-bond acceptors (Lipinski definition) is 6. The molecule has 8 nitrogen and oxygen atoms in total. The number of anilines is 1. The molecule has 1 aliphatic heterocycles. The molecular weight excluding hydrogens is 398 g/mol. The van der Waals surface area contributed by atoms with E-state index in [1.54, 1.807) is 14.2 Å². The van der Waals surface area contributed by atoms with Gasteiger partial charge in [-0.2, -0.15) is 0 Å². The minimum Gasteiger partial charge on any atom is -0.497 e. The van der Waals surface area contributed by atoms with Crippen molar-refractivity contribution in [2.75, 3.05) is 32.6 Å². The molecule has 0 aliphatic carbocycles. The number of ether oxygens (including phenoxy) is 2. The van der Waals surface area contributed by atoms with Crippen molar-refractivity contribution < 1.29 is 19.2 Å². The molecule has 1 N–H and O–H groups in total. The van der Waals surface area contributed by atoms with Gasteiger partial charge >= 0.3 is 0 Å². The molecular formula is C20H22ClN3O5. The fraction of sp³-hybridized carbons (Fsp3) is 0.350. The average molecular weight is 420 g/mol. The monoisotopic (exact) mass is 419 g/mol. The average Bonchev–Trinajstić information content (AvgIpc) is 3.16. The summed E-state index contributed by atoms with van der Waals surface area (Å²) in [7, 11) is 3.21. The third kappa shape index (κ3) is 4.78. The van der Waals surface area contributed by atoms with E-state index in [0.717, 1.165) is 30.7 Å². The summed E-state index contributed by atoms with van der Waals surface area (Å²) in [6.45, 7) is 0.953. The van der Waals surface area contributed by atoms with E-state index in [1.807, 2.05) is 18.2 Å². The lowest BCUT2D eigenvalue weighted by Gasteiger charge is -2.26. The first-order chi connectivity index (χ1) is 13.9. The van der Waals surface area contributed by atoms with E-state index in [0.29, 0.717) is 11.4 Å². The zero-order valence-corrected chi connectivity index (χ0v) is 16.9. The Morgan fingerprint density at radius 2 is 2.07 bits per heavy atom. The van der Waals surface area contributed by atoms with E-state index in [2.05, 4.69) is 10.2 Å². The molecule has 9 heteroatoms. The highest BCUT2D eigenvalue weighted by molar-refractivity contribution is 6.34. The highest BCUT2D eigenvalue weighted by Gasteiger charge is 2.30. The fourth-order valence-electron chi connectivity index (χ4n) is 3.55. The minimum absolute atomic E-state index is 0.0499. The zero-order valence-electron chi connectivity index (χ0n) is 16.2. The van der Waals surface area contributed by atoms with E-state index < -0.39 is 4.92 Å². The Balaban J connectivity index is 1.71. The normalized spacial score (nSPS) is 16.4. The topological polar surface area (TPSA) is 93.9 Å². The second kappa shape index (κ2) is 9.11. The van der Waals surface area contributed by atoms with Crippen molar-refractivity contribution in [1.29, 1.82) is 0 Å². The van der Waals surface area contributed by atoms with Crippen LogP contribution in [0.15, 0.2) is 36.4 Å². The lowest BCUT2D eigenvalue weighted by molar-refractivity contribution is -0.384. The number of methoxy groups -OCH3 is 2. The molecule has 3 rings (SSSR count). The Kier molecular flexibility index (Phi) is 6.56.